The molecule has 0 aliphatic carbocycles. The molecule has 0 atom stereocenters. The van der Waals surface area contributed by atoms with Crippen molar-refractivity contribution in [2.75, 3.05) is 11.1 Å². The van der Waals surface area contributed by atoms with Gasteiger partial charge >= 0.3 is 0 Å². The molecule has 1 amide bonds. The SMILES string of the molecule is Nc1ccc(O)c2c1NC(=O)CC2. The minimum atomic E-state index is -0.0511. The molecule has 68 valence electrons. The Morgan fingerprint density at radius 2 is 2.15 bits per heavy atom. The maximum absolute atomic E-state index is 11.0. The Kier molecular flexibility index (Phi) is 1.62. The first-order valence-corrected chi connectivity index (χ1v) is 4.08. The number of nitrogen functional groups attached to an aromatic ring is 1. The Morgan fingerprint density at radius 3 is 2.92 bits per heavy atom. The lowest BCUT2D eigenvalue weighted by Gasteiger charge is -2.19. The smallest absolute Gasteiger partial charge is 0.224 e. The van der Waals surface area contributed by atoms with Gasteiger partial charge in [-0.25, -0.2) is 0 Å². The van der Waals surface area contributed by atoms with E-state index in [1.165, 1.54) is 0 Å². The molecule has 0 saturated carbocycles. The topological polar surface area (TPSA) is 75.3 Å². The largest absolute Gasteiger partial charge is 0.508 e. The second-order valence-electron chi connectivity index (χ2n) is 3.08. The Balaban J connectivity index is 2.57. The zero-order chi connectivity index (χ0) is 9.42. The number of phenolic OH excluding ortho intramolecular Hbond substituents is 1. The van der Waals surface area contributed by atoms with Gasteiger partial charge in [0.15, 0.2) is 0 Å². The van der Waals surface area contributed by atoms with E-state index in [4.69, 9.17) is 5.73 Å². The third kappa shape index (κ3) is 1.20. The van der Waals surface area contributed by atoms with Gasteiger partial charge in [0.1, 0.15) is 5.75 Å². The van der Waals surface area contributed by atoms with E-state index >= 15 is 0 Å². The van der Waals surface area contributed by atoms with Crippen molar-refractivity contribution in [3.05, 3.63) is 17.7 Å². The standard InChI is InChI=1S/C9H10N2O2/c10-6-2-3-7(12)5-1-4-8(13)11-9(5)6/h2-3,12H,1,4,10H2,(H,11,13). The van der Waals surface area contributed by atoms with Crippen LogP contribution in [0.1, 0.15) is 12.0 Å². The fourth-order valence-electron chi connectivity index (χ4n) is 1.50. The minimum absolute atomic E-state index is 0.0511. The summed E-state index contributed by atoms with van der Waals surface area (Å²) in [5.74, 6) is 0.147. The van der Waals surface area contributed by atoms with Crippen molar-refractivity contribution >= 4 is 17.3 Å². The molecule has 1 aromatic rings. The predicted octanol–water partition coefficient (Wildman–Crippen LogP) is 0.859. The van der Waals surface area contributed by atoms with Crippen LogP contribution in [0.25, 0.3) is 0 Å². The summed E-state index contributed by atoms with van der Waals surface area (Å²) in [6.07, 6.45) is 0.960. The molecule has 0 bridgehead atoms. The van der Waals surface area contributed by atoms with Crippen LogP contribution in [0.4, 0.5) is 11.4 Å². The number of aromatic hydroxyl groups is 1. The monoisotopic (exact) mass is 178 g/mol. The summed E-state index contributed by atoms with van der Waals surface area (Å²) in [6, 6.07) is 3.13. The third-order valence-corrected chi connectivity index (χ3v) is 2.19. The predicted molar refractivity (Wildman–Crippen MR) is 49.5 cm³/mol. The lowest BCUT2D eigenvalue weighted by Crippen LogP contribution is -2.20. The van der Waals surface area contributed by atoms with E-state index in [1.807, 2.05) is 0 Å². The number of benzene rings is 1. The Hall–Kier alpha value is -1.71. The number of carbonyl (C=O) groups is 1. The van der Waals surface area contributed by atoms with Gasteiger partial charge in [-0.15, -0.1) is 0 Å². The summed E-state index contributed by atoms with van der Waals surface area (Å²) in [5, 5.41) is 12.1. The van der Waals surface area contributed by atoms with Crippen molar-refractivity contribution in [3.8, 4) is 5.75 Å². The van der Waals surface area contributed by atoms with E-state index in [-0.39, 0.29) is 11.7 Å². The van der Waals surface area contributed by atoms with E-state index in [1.54, 1.807) is 12.1 Å². The van der Waals surface area contributed by atoms with Gasteiger partial charge in [-0.05, 0) is 18.6 Å². The summed E-state index contributed by atoms with van der Waals surface area (Å²) in [7, 11) is 0. The summed E-state index contributed by atoms with van der Waals surface area (Å²) >= 11 is 0. The van der Waals surface area contributed by atoms with E-state index in [9.17, 15) is 9.90 Å². The average molecular weight is 178 g/mol. The quantitative estimate of drug-likeness (QED) is 0.407. The van der Waals surface area contributed by atoms with E-state index in [2.05, 4.69) is 5.32 Å². The van der Waals surface area contributed by atoms with Gasteiger partial charge in [-0.2, -0.15) is 0 Å². The van der Waals surface area contributed by atoms with Crippen molar-refractivity contribution in [1.82, 2.24) is 0 Å². The number of carbonyl (C=O) groups excluding carboxylic acids is 1. The highest BCUT2D eigenvalue weighted by molar-refractivity contribution is 5.98. The molecule has 0 saturated heterocycles. The van der Waals surface area contributed by atoms with Crippen LogP contribution in [0.5, 0.6) is 5.75 Å². The third-order valence-electron chi connectivity index (χ3n) is 2.19. The highest BCUT2D eigenvalue weighted by Gasteiger charge is 2.19. The second-order valence-corrected chi connectivity index (χ2v) is 3.08. The van der Waals surface area contributed by atoms with Crippen LogP contribution in [0.2, 0.25) is 0 Å². The number of rotatable bonds is 0. The lowest BCUT2D eigenvalue weighted by molar-refractivity contribution is -0.116. The van der Waals surface area contributed by atoms with Gasteiger partial charge in [0, 0.05) is 12.0 Å². The van der Waals surface area contributed by atoms with Gasteiger partial charge in [0.05, 0.1) is 11.4 Å². The molecule has 0 aromatic heterocycles. The van der Waals surface area contributed by atoms with Crippen molar-refractivity contribution in [3.63, 3.8) is 0 Å². The first-order valence-electron chi connectivity index (χ1n) is 4.08. The van der Waals surface area contributed by atoms with E-state index in [0.29, 0.717) is 24.2 Å². The summed E-state index contributed by atoms with van der Waals surface area (Å²) in [4.78, 5) is 11.0. The van der Waals surface area contributed by atoms with Crippen LogP contribution in [-0.2, 0) is 11.2 Å². The number of phenols is 1. The molecule has 4 nitrogen and oxygen atoms in total. The molecule has 4 heteroatoms. The molecular weight excluding hydrogens is 168 g/mol. The normalized spacial score (nSPS) is 14.9. The van der Waals surface area contributed by atoms with E-state index in [0.717, 1.165) is 5.56 Å². The first kappa shape index (κ1) is 7.91. The number of nitrogens with one attached hydrogen (secondary N) is 1. The van der Waals surface area contributed by atoms with Crippen LogP contribution in [-0.4, -0.2) is 11.0 Å². The number of hydrogen-bond acceptors (Lipinski definition) is 3. The zero-order valence-corrected chi connectivity index (χ0v) is 7.00. The van der Waals surface area contributed by atoms with Gasteiger partial charge in [0.25, 0.3) is 0 Å². The molecule has 1 aliphatic heterocycles. The second kappa shape index (κ2) is 2.65. The fourth-order valence-corrected chi connectivity index (χ4v) is 1.50. The maximum Gasteiger partial charge on any atom is 0.224 e. The van der Waals surface area contributed by atoms with Gasteiger partial charge < -0.3 is 16.2 Å². The minimum Gasteiger partial charge on any atom is -0.508 e. The van der Waals surface area contributed by atoms with Gasteiger partial charge in [-0.1, -0.05) is 0 Å². The number of hydrogen-bond donors (Lipinski definition) is 3. The Morgan fingerprint density at radius 1 is 1.38 bits per heavy atom. The molecule has 0 radical (unpaired) electrons. The summed E-state index contributed by atoms with van der Waals surface area (Å²) < 4.78 is 0. The van der Waals surface area contributed by atoms with Gasteiger partial charge in [-0.3, -0.25) is 4.79 Å². The molecule has 0 fully saturated rings. The van der Waals surface area contributed by atoms with E-state index < -0.39 is 0 Å². The van der Waals surface area contributed by atoms with Crippen LogP contribution in [0.3, 0.4) is 0 Å². The molecule has 1 heterocycles. The molecule has 2 rings (SSSR count). The highest BCUT2D eigenvalue weighted by atomic mass is 16.3. The Bertz CT molecular complexity index is 374. The average Bonchev–Trinajstić information content (AvgIpc) is 2.12. The highest BCUT2D eigenvalue weighted by Crippen LogP contribution is 2.34. The number of anilines is 2. The lowest BCUT2D eigenvalue weighted by atomic mass is 10.0. The molecule has 1 aliphatic rings. The van der Waals surface area contributed by atoms with Crippen LogP contribution < -0.4 is 11.1 Å². The summed E-state index contributed by atoms with van der Waals surface area (Å²) in [5.41, 5.74) is 7.45. The van der Waals surface area contributed by atoms with Crippen molar-refractivity contribution in [2.24, 2.45) is 0 Å². The number of amides is 1. The van der Waals surface area contributed by atoms with Crippen LogP contribution in [0.15, 0.2) is 12.1 Å². The molecular formula is C9H10N2O2. The van der Waals surface area contributed by atoms with Crippen LogP contribution in [0, 0.1) is 0 Å². The fraction of sp³-hybridized carbons (Fsp3) is 0.222. The van der Waals surface area contributed by atoms with Crippen molar-refractivity contribution < 1.29 is 9.90 Å². The summed E-state index contributed by atoms with van der Waals surface area (Å²) in [6.45, 7) is 0. The number of fused-ring (bicyclic) bond motifs is 1. The Labute approximate surface area is 75.4 Å². The maximum atomic E-state index is 11.0. The molecule has 0 spiro atoms. The van der Waals surface area contributed by atoms with Crippen molar-refractivity contribution in [2.45, 2.75) is 12.8 Å². The number of nitrogens with two attached hydrogens (primary N) is 1. The van der Waals surface area contributed by atoms with Crippen LogP contribution >= 0.6 is 0 Å². The van der Waals surface area contributed by atoms with Crippen molar-refractivity contribution in [1.29, 1.82) is 0 Å². The molecule has 13 heavy (non-hydrogen) atoms. The first-order chi connectivity index (χ1) is 6.18. The molecule has 0 unspecified atom stereocenters. The molecule has 1 aromatic carbocycles. The zero-order valence-electron chi connectivity index (χ0n) is 7.00. The molecule has 4 N–H and O–H groups in total. The van der Waals surface area contributed by atoms with Gasteiger partial charge in [0.2, 0.25) is 5.91 Å².